The van der Waals surface area contributed by atoms with Crippen LogP contribution in [-0.4, -0.2) is 22.7 Å². The molecule has 0 N–H and O–H groups in total. The average Bonchev–Trinajstić information content (AvgIpc) is 2.90. The number of benzene rings is 1. The van der Waals surface area contributed by atoms with Crippen molar-refractivity contribution in [3.63, 3.8) is 0 Å². The van der Waals surface area contributed by atoms with Gasteiger partial charge in [0.2, 0.25) is 11.7 Å². The second-order valence-corrected chi connectivity index (χ2v) is 4.91. The van der Waals surface area contributed by atoms with Crippen molar-refractivity contribution >= 4 is 21.9 Å². The monoisotopic (exact) mass is 342 g/mol. The smallest absolute Gasteiger partial charge is 0.318 e. The van der Waals surface area contributed by atoms with Crippen molar-refractivity contribution in [2.75, 3.05) is 6.61 Å². The highest BCUT2D eigenvalue weighted by molar-refractivity contribution is 9.10. The van der Waals surface area contributed by atoms with Crippen LogP contribution in [0.25, 0.3) is 11.4 Å². The van der Waals surface area contributed by atoms with Gasteiger partial charge in [0.25, 0.3) is 0 Å². The van der Waals surface area contributed by atoms with Crippen LogP contribution >= 0.6 is 15.9 Å². The molecule has 1 atom stereocenters. The zero-order valence-corrected chi connectivity index (χ0v) is 12.5. The lowest BCUT2D eigenvalue weighted by Gasteiger charge is -2.04. The summed E-state index contributed by atoms with van der Waals surface area (Å²) in [5, 5.41) is 3.76. The molecule has 1 aromatic heterocycles. The Kier molecular flexibility index (Phi) is 4.49. The van der Waals surface area contributed by atoms with Gasteiger partial charge in [0.05, 0.1) is 6.61 Å². The van der Waals surface area contributed by atoms with E-state index in [1.165, 1.54) is 12.1 Å². The van der Waals surface area contributed by atoms with Crippen molar-refractivity contribution in [1.82, 2.24) is 10.1 Å². The first-order valence-electron chi connectivity index (χ1n) is 5.98. The predicted octanol–water partition coefficient (Wildman–Crippen LogP) is 3.30. The van der Waals surface area contributed by atoms with Crippen LogP contribution in [0, 0.1) is 5.82 Å². The van der Waals surface area contributed by atoms with Crippen LogP contribution in [0.4, 0.5) is 4.39 Å². The Morgan fingerprint density at radius 2 is 2.30 bits per heavy atom. The molecule has 2 rings (SSSR count). The van der Waals surface area contributed by atoms with Gasteiger partial charge in [-0.05, 0) is 32.0 Å². The summed E-state index contributed by atoms with van der Waals surface area (Å²) in [7, 11) is 0. The summed E-state index contributed by atoms with van der Waals surface area (Å²) < 4.78 is 23.8. The Bertz CT molecular complexity index is 630. The lowest BCUT2D eigenvalue weighted by Crippen LogP contribution is -2.13. The number of aromatic nitrogens is 2. The zero-order valence-electron chi connectivity index (χ0n) is 10.9. The van der Waals surface area contributed by atoms with Crippen LogP contribution in [0.2, 0.25) is 0 Å². The van der Waals surface area contributed by atoms with Crippen LogP contribution in [0.15, 0.2) is 27.2 Å². The fraction of sp³-hybridized carbons (Fsp3) is 0.308. The Labute approximate surface area is 123 Å². The fourth-order valence-electron chi connectivity index (χ4n) is 1.56. The highest BCUT2D eigenvalue weighted by Gasteiger charge is 2.24. The van der Waals surface area contributed by atoms with Crippen LogP contribution in [-0.2, 0) is 9.53 Å². The number of hydrogen-bond donors (Lipinski definition) is 0. The highest BCUT2D eigenvalue weighted by atomic mass is 79.9. The van der Waals surface area contributed by atoms with Crippen molar-refractivity contribution in [3.8, 4) is 11.4 Å². The Morgan fingerprint density at radius 1 is 1.55 bits per heavy atom. The van der Waals surface area contributed by atoms with Gasteiger partial charge in [0.1, 0.15) is 11.7 Å². The number of halogens is 2. The van der Waals surface area contributed by atoms with Gasteiger partial charge in [-0.1, -0.05) is 21.1 Å². The molecule has 7 heteroatoms. The third kappa shape index (κ3) is 3.04. The number of hydrogen-bond acceptors (Lipinski definition) is 5. The van der Waals surface area contributed by atoms with Gasteiger partial charge in [-0.15, -0.1) is 0 Å². The molecular formula is C13H12BrFN2O3. The van der Waals surface area contributed by atoms with Gasteiger partial charge in [0.15, 0.2) is 0 Å². The number of carbonyl (C=O) groups excluding carboxylic acids is 1. The summed E-state index contributed by atoms with van der Waals surface area (Å²) >= 11 is 3.29. The predicted molar refractivity (Wildman–Crippen MR) is 72.4 cm³/mol. The molecular weight excluding hydrogens is 331 g/mol. The molecule has 0 amide bonds. The lowest BCUT2D eigenvalue weighted by molar-refractivity contribution is -0.145. The zero-order chi connectivity index (χ0) is 14.7. The van der Waals surface area contributed by atoms with Crippen LogP contribution in [0.3, 0.4) is 0 Å². The fourth-order valence-corrected chi connectivity index (χ4v) is 1.98. The van der Waals surface area contributed by atoms with E-state index in [1.807, 2.05) is 0 Å². The minimum Gasteiger partial charge on any atom is -0.465 e. The summed E-state index contributed by atoms with van der Waals surface area (Å²) in [5.41, 5.74) is 0.455. The number of esters is 1. The highest BCUT2D eigenvalue weighted by Crippen LogP contribution is 2.28. The maximum atomic E-state index is 13.2. The average molecular weight is 343 g/mol. The van der Waals surface area contributed by atoms with E-state index in [9.17, 15) is 9.18 Å². The summed E-state index contributed by atoms with van der Waals surface area (Å²) in [5.74, 6) is -1.17. The molecule has 1 aromatic carbocycles. The Hall–Kier alpha value is -1.76. The molecule has 0 saturated heterocycles. The molecule has 0 fully saturated rings. The van der Waals surface area contributed by atoms with E-state index in [0.717, 1.165) is 0 Å². The van der Waals surface area contributed by atoms with E-state index < -0.39 is 17.7 Å². The largest absolute Gasteiger partial charge is 0.465 e. The lowest BCUT2D eigenvalue weighted by atomic mass is 10.2. The summed E-state index contributed by atoms with van der Waals surface area (Å²) in [6.45, 7) is 3.60. The Morgan fingerprint density at radius 3 is 3.00 bits per heavy atom. The molecule has 0 bridgehead atoms. The first-order chi connectivity index (χ1) is 9.52. The third-order valence-corrected chi connectivity index (χ3v) is 3.31. The molecule has 5 nitrogen and oxygen atoms in total. The summed E-state index contributed by atoms with van der Waals surface area (Å²) in [4.78, 5) is 15.7. The molecule has 1 heterocycles. The van der Waals surface area contributed by atoms with E-state index in [-0.39, 0.29) is 18.3 Å². The Balaban J connectivity index is 2.29. The van der Waals surface area contributed by atoms with Crippen LogP contribution in [0.5, 0.6) is 0 Å². The SMILES string of the molecule is CCOC(=O)C(C)c1nc(-c2cc(F)ccc2Br)no1. The first-order valence-corrected chi connectivity index (χ1v) is 6.78. The number of rotatable bonds is 4. The normalized spacial score (nSPS) is 12.2. The van der Waals surface area contributed by atoms with E-state index in [4.69, 9.17) is 9.26 Å². The molecule has 1 unspecified atom stereocenters. The molecule has 0 aliphatic rings. The van der Waals surface area contributed by atoms with Crippen molar-refractivity contribution in [1.29, 1.82) is 0 Å². The van der Waals surface area contributed by atoms with Gasteiger partial charge in [-0.3, -0.25) is 4.79 Å². The van der Waals surface area contributed by atoms with Crippen LogP contribution in [0.1, 0.15) is 25.7 Å². The summed E-state index contributed by atoms with van der Waals surface area (Å²) in [6, 6.07) is 4.15. The van der Waals surface area contributed by atoms with Crippen molar-refractivity contribution in [2.45, 2.75) is 19.8 Å². The minimum atomic E-state index is -0.663. The second kappa shape index (κ2) is 6.13. The van der Waals surface area contributed by atoms with Gasteiger partial charge in [-0.2, -0.15) is 4.98 Å². The standard InChI is InChI=1S/C13H12BrFN2O3/c1-3-19-13(18)7(2)12-16-11(17-20-12)9-6-8(15)4-5-10(9)14/h4-7H,3H2,1-2H3. The number of ether oxygens (including phenoxy) is 1. The number of carbonyl (C=O) groups is 1. The topological polar surface area (TPSA) is 65.2 Å². The molecule has 0 radical (unpaired) electrons. The summed E-state index contributed by atoms with van der Waals surface area (Å²) in [6.07, 6.45) is 0. The molecule has 2 aromatic rings. The second-order valence-electron chi connectivity index (χ2n) is 4.05. The molecule has 20 heavy (non-hydrogen) atoms. The maximum absolute atomic E-state index is 13.2. The van der Waals surface area contributed by atoms with Crippen molar-refractivity contribution in [2.24, 2.45) is 0 Å². The van der Waals surface area contributed by atoms with E-state index in [2.05, 4.69) is 26.1 Å². The molecule has 0 aliphatic carbocycles. The first kappa shape index (κ1) is 14.6. The third-order valence-electron chi connectivity index (χ3n) is 2.62. The van der Waals surface area contributed by atoms with Gasteiger partial charge >= 0.3 is 5.97 Å². The van der Waals surface area contributed by atoms with E-state index in [0.29, 0.717) is 10.0 Å². The molecule has 0 spiro atoms. The number of nitrogens with zero attached hydrogens (tertiary/aromatic N) is 2. The van der Waals surface area contributed by atoms with Gasteiger partial charge in [-0.25, -0.2) is 4.39 Å². The van der Waals surface area contributed by atoms with Gasteiger partial charge < -0.3 is 9.26 Å². The van der Waals surface area contributed by atoms with Gasteiger partial charge in [0, 0.05) is 10.0 Å². The van der Waals surface area contributed by atoms with Crippen LogP contribution < -0.4 is 0 Å². The van der Waals surface area contributed by atoms with Crippen molar-refractivity contribution in [3.05, 3.63) is 34.4 Å². The molecule has 106 valence electrons. The minimum absolute atomic E-state index is 0.134. The van der Waals surface area contributed by atoms with Crippen molar-refractivity contribution < 1.29 is 18.4 Å². The van der Waals surface area contributed by atoms with E-state index >= 15 is 0 Å². The quantitative estimate of drug-likeness (QED) is 0.797. The van der Waals surface area contributed by atoms with E-state index in [1.54, 1.807) is 19.9 Å². The molecule has 0 aliphatic heterocycles. The maximum Gasteiger partial charge on any atom is 0.318 e. The molecule has 0 saturated carbocycles.